The number of aromatic carboxylic acids is 1. The van der Waals surface area contributed by atoms with E-state index in [1.54, 1.807) is 31.3 Å². The van der Waals surface area contributed by atoms with Crippen molar-refractivity contribution in [3.63, 3.8) is 0 Å². The summed E-state index contributed by atoms with van der Waals surface area (Å²) in [5, 5.41) is 63.9. The van der Waals surface area contributed by atoms with Crippen LogP contribution >= 0.6 is 0 Å². The van der Waals surface area contributed by atoms with E-state index in [-0.39, 0.29) is 63.3 Å². The van der Waals surface area contributed by atoms with Gasteiger partial charge in [0.15, 0.2) is 23.0 Å². The summed E-state index contributed by atoms with van der Waals surface area (Å²) in [6, 6.07) is 19.4. The van der Waals surface area contributed by atoms with Crippen LogP contribution in [0.5, 0.6) is 34.5 Å². The lowest BCUT2D eigenvalue weighted by Crippen LogP contribution is -2.45. The van der Waals surface area contributed by atoms with E-state index in [4.69, 9.17) is 9.47 Å². The standard InChI is InChI=1S/C45H42N8O13/c1-22(18-23-4-11-28(54)12-5-23)40(58)47-25-8-6-24(7-9-25)41(59)51-34(19-27-21-46-53-52-27)44(62)48-26-10-13-29(35(55)20-26)42(60)49-32-16-14-30(36(56)38(32)65-2)43(61)50-33-17-15-31(45(63)64)37(57)39(33)66-3/h4-18,20-21,34,46,52-57H,19H2,1-3H3,(H,47,58)(H,48,62)(H,49,60)(H,50,61)(H,51,59)(H,63,64)/b22-18+. The molecule has 5 aromatic carbocycles. The Morgan fingerprint density at radius 1 is 0.667 bits per heavy atom. The van der Waals surface area contributed by atoms with Gasteiger partial charge in [-0.3, -0.25) is 24.0 Å². The van der Waals surface area contributed by atoms with E-state index in [0.717, 1.165) is 32.4 Å². The molecule has 5 aromatic rings. The summed E-state index contributed by atoms with van der Waals surface area (Å²) in [7, 11) is 2.31. The van der Waals surface area contributed by atoms with Crippen LogP contribution in [0.4, 0.5) is 22.7 Å². The summed E-state index contributed by atoms with van der Waals surface area (Å²) >= 11 is 0. The predicted molar refractivity (Wildman–Crippen MR) is 239 cm³/mol. The Hall–Kier alpha value is -9.24. The van der Waals surface area contributed by atoms with Crippen molar-refractivity contribution in [1.29, 1.82) is 0 Å². The van der Waals surface area contributed by atoms with Crippen molar-refractivity contribution in [1.82, 2.24) is 21.7 Å². The van der Waals surface area contributed by atoms with Crippen LogP contribution in [-0.2, 0) is 9.59 Å². The first-order chi connectivity index (χ1) is 31.6. The molecule has 6 rings (SSSR count). The molecule has 0 radical (unpaired) electrons. The van der Waals surface area contributed by atoms with Crippen molar-refractivity contribution < 1.29 is 63.8 Å². The van der Waals surface area contributed by atoms with Crippen LogP contribution in [0.1, 0.15) is 60.3 Å². The Balaban J connectivity index is 1.10. The SMILES string of the molecule is COc1c(NC(=O)c2ccc(NC(=O)c3ccc(NC(=O)C(CC4=CNNN4)NC(=O)c4ccc(NC(=O)/C(C)=C/c5ccc(O)cc5)cc4)cc3O)c(OC)c2O)ccc(C(=O)O)c1O. The quantitative estimate of drug-likeness (QED) is 0.0612. The van der Waals surface area contributed by atoms with E-state index in [1.807, 2.05) is 0 Å². The van der Waals surface area contributed by atoms with Crippen LogP contribution in [0.3, 0.4) is 0 Å². The molecular weight excluding hydrogens is 861 g/mol. The number of phenolic OH excluding ortho intramolecular Hbond substituents is 3. The molecule has 0 aliphatic carbocycles. The van der Waals surface area contributed by atoms with Crippen molar-refractivity contribution >= 4 is 64.3 Å². The topological polar surface area (TPSA) is 318 Å². The lowest BCUT2D eigenvalue weighted by molar-refractivity contribution is -0.118. The molecule has 13 N–H and O–H groups in total. The molecule has 66 heavy (non-hydrogen) atoms. The summed E-state index contributed by atoms with van der Waals surface area (Å²) in [5.41, 5.74) is 9.14. The van der Waals surface area contributed by atoms with Gasteiger partial charge < -0.3 is 72.4 Å². The number of anilines is 4. The highest BCUT2D eigenvalue weighted by Gasteiger charge is 2.27. The molecule has 0 aromatic heterocycles. The first kappa shape index (κ1) is 46.3. The second kappa shape index (κ2) is 20.3. The molecule has 1 unspecified atom stereocenters. The summed E-state index contributed by atoms with van der Waals surface area (Å²) in [5.74, 6) is -7.53. The number of hydrogen-bond acceptors (Lipinski definition) is 15. The van der Waals surface area contributed by atoms with E-state index >= 15 is 0 Å². The van der Waals surface area contributed by atoms with Gasteiger partial charge in [0, 0.05) is 46.9 Å². The number of hydrazine groups is 2. The Bertz CT molecular complexity index is 2790. The smallest absolute Gasteiger partial charge is 0.339 e. The number of aromatic hydroxyl groups is 4. The largest absolute Gasteiger partial charge is 0.508 e. The molecule has 1 atom stereocenters. The number of phenols is 4. The third-order valence-corrected chi connectivity index (χ3v) is 9.78. The Labute approximate surface area is 374 Å². The first-order valence-electron chi connectivity index (χ1n) is 19.5. The number of carboxylic acids is 1. The normalized spacial score (nSPS) is 12.3. The Morgan fingerprint density at radius 3 is 1.82 bits per heavy atom. The fraction of sp³-hybridized carbons (Fsp3) is 0.111. The number of ether oxygens (including phenoxy) is 2. The molecule has 1 aliphatic heterocycles. The molecule has 5 amide bonds. The van der Waals surface area contributed by atoms with Gasteiger partial charge in [-0.2, -0.15) is 5.53 Å². The first-order valence-corrected chi connectivity index (χ1v) is 19.5. The van der Waals surface area contributed by atoms with Gasteiger partial charge in [0.2, 0.25) is 5.91 Å². The average Bonchev–Trinajstić information content (AvgIpc) is 3.80. The highest BCUT2D eigenvalue weighted by Crippen LogP contribution is 2.41. The van der Waals surface area contributed by atoms with E-state index in [9.17, 15) is 54.3 Å². The maximum Gasteiger partial charge on any atom is 0.339 e. The number of carboxylic acid groups (broad SMARTS) is 1. The van der Waals surface area contributed by atoms with Crippen molar-refractivity contribution in [2.24, 2.45) is 0 Å². The van der Waals surface area contributed by atoms with Gasteiger partial charge >= 0.3 is 5.97 Å². The van der Waals surface area contributed by atoms with Crippen LogP contribution in [0.25, 0.3) is 6.08 Å². The average molecular weight is 903 g/mol. The second-order valence-corrected chi connectivity index (χ2v) is 14.3. The molecule has 0 saturated heterocycles. The summed E-state index contributed by atoms with van der Waals surface area (Å²) in [6.45, 7) is 1.63. The van der Waals surface area contributed by atoms with Gasteiger partial charge in [0.1, 0.15) is 23.1 Å². The fourth-order valence-corrected chi connectivity index (χ4v) is 6.40. The molecule has 21 nitrogen and oxygen atoms in total. The number of hydrogen-bond donors (Lipinski definition) is 13. The van der Waals surface area contributed by atoms with Crippen LogP contribution in [0.2, 0.25) is 0 Å². The molecule has 0 bridgehead atoms. The van der Waals surface area contributed by atoms with Crippen molar-refractivity contribution in [3.05, 3.63) is 136 Å². The zero-order valence-electron chi connectivity index (χ0n) is 35.1. The molecule has 0 spiro atoms. The number of amides is 5. The van der Waals surface area contributed by atoms with Gasteiger partial charge in [0.05, 0.1) is 36.7 Å². The zero-order chi connectivity index (χ0) is 47.7. The van der Waals surface area contributed by atoms with Crippen LogP contribution in [-0.4, -0.2) is 81.3 Å². The monoisotopic (exact) mass is 902 g/mol. The number of nitrogens with one attached hydrogen (secondary N) is 8. The number of carbonyl (C=O) groups excluding carboxylic acids is 5. The molecule has 1 heterocycles. The van der Waals surface area contributed by atoms with Gasteiger partial charge in [0.25, 0.3) is 23.6 Å². The zero-order valence-corrected chi connectivity index (χ0v) is 35.1. The minimum Gasteiger partial charge on any atom is -0.508 e. The minimum absolute atomic E-state index is 0.0162. The summed E-state index contributed by atoms with van der Waals surface area (Å²) < 4.78 is 10.3. The van der Waals surface area contributed by atoms with E-state index in [0.29, 0.717) is 22.5 Å². The van der Waals surface area contributed by atoms with Crippen LogP contribution in [0, 0.1) is 0 Å². The second-order valence-electron chi connectivity index (χ2n) is 14.3. The number of carbonyl (C=O) groups is 6. The van der Waals surface area contributed by atoms with Crippen molar-refractivity contribution in [2.45, 2.75) is 19.4 Å². The van der Waals surface area contributed by atoms with E-state index in [1.165, 1.54) is 60.7 Å². The molecular formula is C45H42N8O13. The lowest BCUT2D eigenvalue weighted by Gasteiger charge is -2.19. The highest BCUT2D eigenvalue weighted by atomic mass is 16.5. The van der Waals surface area contributed by atoms with Crippen molar-refractivity contribution in [2.75, 3.05) is 35.5 Å². The predicted octanol–water partition coefficient (Wildman–Crippen LogP) is 4.35. The summed E-state index contributed by atoms with van der Waals surface area (Å²) in [4.78, 5) is 77.8. The number of benzene rings is 5. The third kappa shape index (κ3) is 10.9. The van der Waals surface area contributed by atoms with Crippen LogP contribution < -0.4 is 52.4 Å². The Kier molecular flexibility index (Phi) is 14.2. The third-order valence-electron chi connectivity index (χ3n) is 9.78. The molecule has 0 fully saturated rings. The number of methoxy groups -OCH3 is 2. The van der Waals surface area contributed by atoms with Gasteiger partial charge in [-0.25, -0.2) is 4.79 Å². The van der Waals surface area contributed by atoms with Gasteiger partial charge in [-0.1, -0.05) is 12.1 Å². The van der Waals surface area contributed by atoms with Gasteiger partial charge in [-0.05, 0) is 91.4 Å². The van der Waals surface area contributed by atoms with Gasteiger partial charge in [-0.15, -0.1) is 0 Å². The van der Waals surface area contributed by atoms with Crippen molar-refractivity contribution in [3.8, 4) is 34.5 Å². The molecule has 1 aliphatic rings. The molecule has 0 saturated carbocycles. The Morgan fingerprint density at radius 2 is 1.24 bits per heavy atom. The van der Waals surface area contributed by atoms with E-state index in [2.05, 4.69) is 43.0 Å². The van der Waals surface area contributed by atoms with E-state index < -0.39 is 58.5 Å². The minimum atomic E-state index is -1.44. The highest BCUT2D eigenvalue weighted by molar-refractivity contribution is 6.11. The summed E-state index contributed by atoms with van der Waals surface area (Å²) in [6.07, 6.45) is 3.18. The number of rotatable bonds is 16. The maximum absolute atomic E-state index is 13.6. The fourth-order valence-electron chi connectivity index (χ4n) is 6.40. The maximum atomic E-state index is 13.6. The molecule has 21 heteroatoms. The lowest BCUT2D eigenvalue weighted by atomic mass is 10.1. The molecule has 340 valence electrons. The van der Waals surface area contributed by atoms with Crippen LogP contribution in [0.15, 0.2) is 108 Å².